The molecule has 0 saturated carbocycles. The molecular weight excluding hydrogens is 530 g/mol. The fraction of sp³-hybridized carbons (Fsp3) is 0.710. The van der Waals surface area contributed by atoms with E-state index < -0.39 is 24.5 Å². The van der Waals surface area contributed by atoms with Gasteiger partial charge in [0.15, 0.2) is 0 Å². The molecule has 0 heterocycles. The predicted octanol–water partition coefficient (Wildman–Crippen LogP) is 5.89. The quantitative estimate of drug-likeness (QED) is 0.0913. The molecule has 0 aliphatic rings. The summed E-state index contributed by atoms with van der Waals surface area (Å²) in [6.45, 7) is 2.20. The van der Waals surface area contributed by atoms with Crippen LogP contribution in [0.25, 0.3) is 0 Å². The minimum atomic E-state index is -1.14. The lowest BCUT2D eigenvalue weighted by Crippen LogP contribution is -2.48. The number of unbranched alkanes of at least 4 members (excludes halogenated alkanes) is 15. The van der Waals surface area contributed by atoms with Crippen molar-refractivity contribution >= 4 is 30.2 Å². The molecular formula is C31H54ClN3O5. The Morgan fingerprint density at radius 1 is 0.700 bits per heavy atom. The maximum absolute atomic E-state index is 12.7. The average Bonchev–Trinajstić information content (AvgIpc) is 2.92. The topological polar surface area (TPSA) is 128 Å². The van der Waals surface area contributed by atoms with Crippen LogP contribution in [-0.4, -0.2) is 53.7 Å². The number of hydrogen-bond acceptors (Lipinski definition) is 5. The molecule has 230 valence electrons. The minimum absolute atomic E-state index is 0. The van der Waals surface area contributed by atoms with Gasteiger partial charge in [-0.2, -0.15) is 0 Å². The molecule has 9 heteroatoms. The Hall–Kier alpha value is -2.32. The first kappa shape index (κ1) is 37.7. The van der Waals surface area contributed by atoms with Crippen LogP contribution < -0.4 is 16.0 Å². The maximum Gasteiger partial charge on any atom is 0.322 e. The number of aliphatic carboxylic acids is 1. The van der Waals surface area contributed by atoms with Gasteiger partial charge in [-0.3, -0.25) is 14.4 Å². The first-order chi connectivity index (χ1) is 18.9. The molecule has 0 aliphatic carbocycles. The van der Waals surface area contributed by atoms with E-state index in [2.05, 4.69) is 22.9 Å². The third-order valence-electron chi connectivity index (χ3n) is 6.97. The van der Waals surface area contributed by atoms with Crippen LogP contribution in [0.1, 0.15) is 115 Å². The van der Waals surface area contributed by atoms with Gasteiger partial charge >= 0.3 is 5.97 Å². The van der Waals surface area contributed by atoms with Crippen LogP contribution in [0.4, 0.5) is 0 Å². The van der Waals surface area contributed by atoms with E-state index in [9.17, 15) is 19.5 Å². The van der Waals surface area contributed by atoms with Gasteiger partial charge in [0.2, 0.25) is 11.8 Å². The van der Waals surface area contributed by atoms with Crippen molar-refractivity contribution < 1.29 is 24.6 Å². The summed E-state index contributed by atoms with van der Waals surface area (Å²) in [7, 11) is 0. The fourth-order valence-electron chi connectivity index (χ4n) is 4.60. The van der Waals surface area contributed by atoms with Crippen LogP contribution in [0, 0.1) is 0 Å². The summed E-state index contributed by atoms with van der Waals surface area (Å²) < 4.78 is 0. The molecule has 40 heavy (non-hydrogen) atoms. The summed E-state index contributed by atoms with van der Waals surface area (Å²) in [5.41, 5.74) is 0.891. The number of hydrogen-bond donors (Lipinski definition) is 5. The molecule has 1 rings (SSSR count). The normalized spacial score (nSPS) is 11.4. The second-order valence-corrected chi connectivity index (χ2v) is 10.6. The minimum Gasteiger partial charge on any atom is -0.508 e. The Bertz CT molecular complexity index is 792. The summed E-state index contributed by atoms with van der Waals surface area (Å²) in [6.07, 6.45) is 21.4. The number of carboxylic acid groups (broad SMARTS) is 1. The largest absolute Gasteiger partial charge is 0.508 e. The first-order valence-electron chi connectivity index (χ1n) is 15.2. The van der Waals surface area contributed by atoms with Crippen molar-refractivity contribution in [3.8, 4) is 5.75 Å². The highest BCUT2D eigenvalue weighted by atomic mass is 35.5. The van der Waals surface area contributed by atoms with Crippen LogP contribution >= 0.6 is 12.4 Å². The van der Waals surface area contributed by atoms with Gasteiger partial charge in [0, 0.05) is 0 Å². The SMILES string of the molecule is CCCCCCCCCCCCCCCCCCN[C@@H](Cc1ccc(O)cc1)C(=O)NCC(=O)NCC(=O)O.Cl. The zero-order valence-electron chi connectivity index (χ0n) is 24.6. The van der Waals surface area contributed by atoms with Gasteiger partial charge in [0.1, 0.15) is 12.3 Å². The zero-order chi connectivity index (χ0) is 28.6. The molecule has 0 aliphatic heterocycles. The highest BCUT2D eigenvalue weighted by Crippen LogP contribution is 2.14. The van der Waals surface area contributed by atoms with E-state index in [-0.39, 0.29) is 30.6 Å². The molecule has 0 aromatic heterocycles. The molecule has 0 radical (unpaired) electrons. The number of amides is 2. The van der Waals surface area contributed by atoms with Crippen molar-refractivity contribution in [2.24, 2.45) is 0 Å². The number of halogens is 1. The molecule has 1 aromatic carbocycles. The second-order valence-electron chi connectivity index (χ2n) is 10.6. The van der Waals surface area contributed by atoms with Crippen molar-refractivity contribution in [1.29, 1.82) is 0 Å². The Morgan fingerprint density at radius 3 is 1.65 bits per heavy atom. The molecule has 1 atom stereocenters. The Balaban J connectivity index is 0.0000152. The van der Waals surface area contributed by atoms with E-state index in [4.69, 9.17) is 5.11 Å². The van der Waals surface area contributed by atoms with Crippen molar-refractivity contribution in [3.63, 3.8) is 0 Å². The van der Waals surface area contributed by atoms with Gasteiger partial charge in [0.05, 0.1) is 12.6 Å². The summed E-state index contributed by atoms with van der Waals surface area (Å²) in [5.74, 6) is -1.84. The van der Waals surface area contributed by atoms with Gasteiger partial charge in [-0.05, 0) is 37.1 Å². The lowest BCUT2D eigenvalue weighted by atomic mass is 10.0. The van der Waals surface area contributed by atoms with Crippen molar-refractivity contribution in [1.82, 2.24) is 16.0 Å². The van der Waals surface area contributed by atoms with Crippen LogP contribution in [0.5, 0.6) is 5.75 Å². The molecule has 0 spiro atoms. The Morgan fingerprint density at radius 2 is 1.18 bits per heavy atom. The van der Waals surface area contributed by atoms with E-state index in [1.165, 1.54) is 89.9 Å². The van der Waals surface area contributed by atoms with E-state index in [1.54, 1.807) is 24.3 Å². The molecule has 1 aromatic rings. The number of phenols is 1. The fourth-order valence-corrected chi connectivity index (χ4v) is 4.60. The monoisotopic (exact) mass is 583 g/mol. The van der Waals surface area contributed by atoms with Crippen LogP contribution in [-0.2, 0) is 20.8 Å². The number of rotatable bonds is 25. The van der Waals surface area contributed by atoms with Crippen LogP contribution in [0.2, 0.25) is 0 Å². The van der Waals surface area contributed by atoms with Gasteiger partial charge < -0.3 is 26.2 Å². The predicted molar refractivity (Wildman–Crippen MR) is 164 cm³/mol. The summed E-state index contributed by atoms with van der Waals surface area (Å²) >= 11 is 0. The van der Waals surface area contributed by atoms with Gasteiger partial charge in [0.25, 0.3) is 0 Å². The summed E-state index contributed by atoms with van der Waals surface area (Å²) in [5, 5.41) is 26.3. The molecule has 2 amide bonds. The summed E-state index contributed by atoms with van der Waals surface area (Å²) in [4.78, 5) is 35.1. The highest BCUT2D eigenvalue weighted by Gasteiger charge is 2.19. The van der Waals surface area contributed by atoms with E-state index in [0.29, 0.717) is 13.0 Å². The van der Waals surface area contributed by atoms with E-state index >= 15 is 0 Å². The number of carbonyl (C=O) groups excluding carboxylic acids is 2. The number of nitrogens with one attached hydrogen (secondary N) is 3. The summed E-state index contributed by atoms with van der Waals surface area (Å²) in [6, 6.07) is 6.17. The number of carboxylic acids is 1. The van der Waals surface area contributed by atoms with Crippen molar-refractivity contribution in [2.45, 2.75) is 122 Å². The lowest BCUT2D eigenvalue weighted by molar-refractivity contribution is -0.137. The molecule has 0 saturated heterocycles. The zero-order valence-corrected chi connectivity index (χ0v) is 25.4. The third kappa shape index (κ3) is 21.5. The molecule has 8 nitrogen and oxygen atoms in total. The van der Waals surface area contributed by atoms with Crippen LogP contribution in [0.15, 0.2) is 24.3 Å². The van der Waals surface area contributed by atoms with Crippen LogP contribution in [0.3, 0.4) is 0 Å². The molecule has 0 unspecified atom stereocenters. The Kier molecular flexibility index (Phi) is 24.1. The molecule has 0 fully saturated rings. The highest BCUT2D eigenvalue weighted by molar-refractivity contribution is 5.88. The number of benzene rings is 1. The maximum atomic E-state index is 12.7. The number of phenolic OH excluding ortho intramolecular Hbond substituents is 1. The van der Waals surface area contributed by atoms with Crippen molar-refractivity contribution in [2.75, 3.05) is 19.6 Å². The van der Waals surface area contributed by atoms with Gasteiger partial charge in [-0.25, -0.2) is 0 Å². The van der Waals surface area contributed by atoms with Gasteiger partial charge in [-0.15, -0.1) is 12.4 Å². The Labute approximate surface area is 247 Å². The standard InChI is InChI=1S/C31H53N3O5.ClH/c1-2-3-4-5-6-7-8-9-10-11-12-13-14-15-16-17-22-32-28(23-26-18-20-27(35)21-19-26)31(39)34-24-29(36)33-25-30(37)38;/h18-21,28,32,35H,2-17,22-25H2,1H3,(H,33,36)(H,34,39)(H,37,38);1H/t28-;/m0./s1. The smallest absolute Gasteiger partial charge is 0.322 e. The second kappa shape index (κ2) is 25.6. The first-order valence-corrected chi connectivity index (χ1v) is 15.2. The number of carbonyl (C=O) groups is 3. The molecule has 5 N–H and O–H groups in total. The van der Waals surface area contributed by atoms with E-state index in [1.807, 2.05) is 0 Å². The van der Waals surface area contributed by atoms with E-state index in [0.717, 1.165) is 18.4 Å². The van der Waals surface area contributed by atoms with Crippen molar-refractivity contribution in [3.05, 3.63) is 29.8 Å². The third-order valence-corrected chi connectivity index (χ3v) is 6.97. The van der Waals surface area contributed by atoms with Gasteiger partial charge in [-0.1, -0.05) is 115 Å². The molecule has 0 bridgehead atoms. The lowest BCUT2D eigenvalue weighted by Gasteiger charge is -2.19. The average molecular weight is 584 g/mol. The number of aromatic hydroxyl groups is 1.